The Morgan fingerprint density at radius 3 is 2.40 bits per heavy atom. The highest BCUT2D eigenvalue weighted by Gasteiger charge is 2.13. The van der Waals surface area contributed by atoms with Crippen LogP contribution in [-0.4, -0.2) is 49.3 Å². The second-order valence-corrected chi connectivity index (χ2v) is 6.66. The molecule has 25 heavy (non-hydrogen) atoms. The minimum atomic E-state index is -0.696. The Morgan fingerprint density at radius 2 is 1.88 bits per heavy atom. The molecule has 0 aliphatic carbocycles. The number of nitrogens with one attached hydrogen (secondary N) is 3. The van der Waals surface area contributed by atoms with Gasteiger partial charge in [0.05, 0.1) is 13.2 Å². The third-order valence-corrected chi connectivity index (χ3v) is 3.20. The summed E-state index contributed by atoms with van der Waals surface area (Å²) < 4.78 is 5.10. The number of hydrogen-bond donors (Lipinski definition) is 4. The number of amides is 1. The van der Waals surface area contributed by atoms with Crippen LogP contribution in [0.15, 0.2) is 29.3 Å². The molecule has 0 heterocycles. The van der Waals surface area contributed by atoms with E-state index in [0.29, 0.717) is 12.5 Å². The quantitative estimate of drug-likeness (QED) is 0.438. The number of ether oxygens (including phenoxy) is 1. The first-order valence-electron chi connectivity index (χ1n) is 8.40. The predicted octanol–water partition coefficient (Wildman–Crippen LogP) is 1.20. The number of aliphatic hydroxyl groups is 1. The van der Waals surface area contributed by atoms with Crippen molar-refractivity contribution in [3.8, 4) is 5.75 Å². The van der Waals surface area contributed by atoms with Crippen molar-refractivity contribution in [3.05, 3.63) is 29.8 Å². The van der Waals surface area contributed by atoms with Crippen molar-refractivity contribution < 1.29 is 14.6 Å². The van der Waals surface area contributed by atoms with Gasteiger partial charge in [0.15, 0.2) is 5.96 Å². The molecule has 1 atom stereocenters. The lowest BCUT2D eigenvalue weighted by atomic mass is 10.1. The van der Waals surface area contributed by atoms with Gasteiger partial charge in [-0.15, -0.1) is 0 Å². The Hall–Kier alpha value is -2.28. The Labute approximate surface area is 149 Å². The first kappa shape index (κ1) is 20.8. The van der Waals surface area contributed by atoms with Crippen molar-refractivity contribution in [2.45, 2.75) is 39.3 Å². The highest BCUT2D eigenvalue weighted by Crippen LogP contribution is 2.16. The highest BCUT2D eigenvalue weighted by molar-refractivity contribution is 5.85. The summed E-state index contributed by atoms with van der Waals surface area (Å²) in [6.45, 7) is 8.65. The van der Waals surface area contributed by atoms with E-state index in [2.05, 4.69) is 20.9 Å². The molecule has 7 nitrogen and oxygen atoms in total. The van der Waals surface area contributed by atoms with Crippen LogP contribution in [-0.2, 0) is 4.79 Å². The summed E-state index contributed by atoms with van der Waals surface area (Å²) in [5, 5.41) is 19.2. The van der Waals surface area contributed by atoms with Gasteiger partial charge in [0, 0.05) is 18.6 Å². The number of methoxy groups -OCH3 is 1. The Kier molecular flexibility index (Phi) is 8.21. The van der Waals surface area contributed by atoms with E-state index in [1.165, 1.54) is 0 Å². The van der Waals surface area contributed by atoms with E-state index in [4.69, 9.17) is 4.74 Å². The Morgan fingerprint density at radius 1 is 1.24 bits per heavy atom. The molecule has 1 unspecified atom stereocenters. The maximum atomic E-state index is 11.9. The summed E-state index contributed by atoms with van der Waals surface area (Å²) in [6, 6.07) is 7.22. The van der Waals surface area contributed by atoms with Crippen molar-refractivity contribution in [3.63, 3.8) is 0 Å². The van der Waals surface area contributed by atoms with Gasteiger partial charge in [-0.1, -0.05) is 12.1 Å². The molecule has 0 aromatic heterocycles. The average Bonchev–Trinajstić information content (AvgIpc) is 2.55. The SMILES string of the molecule is CCNC(=NCC(=O)NC(C)(C)C)NCC(O)c1ccc(OC)cc1. The van der Waals surface area contributed by atoms with Crippen molar-refractivity contribution in [1.82, 2.24) is 16.0 Å². The molecule has 1 aromatic rings. The summed E-state index contributed by atoms with van der Waals surface area (Å²) in [7, 11) is 1.60. The summed E-state index contributed by atoms with van der Waals surface area (Å²) in [6.07, 6.45) is -0.696. The van der Waals surface area contributed by atoms with E-state index in [1.807, 2.05) is 39.8 Å². The second-order valence-electron chi connectivity index (χ2n) is 6.66. The summed E-state index contributed by atoms with van der Waals surface area (Å²) >= 11 is 0. The van der Waals surface area contributed by atoms with Crippen molar-refractivity contribution in [1.29, 1.82) is 0 Å². The molecule has 0 aliphatic heterocycles. The minimum Gasteiger partial charge on any atom is -0.497 e. The average molecular weight is 350 g/mol. The number of carbonyl (C=O) groups is 1. The van der Waals surface area contributed by atoms with Gasteiger partial charge in [0.1, 0.15) is 12.3 Å². The number of guanidine groups is 1. The molecule has 0 saturated carbocycles. The topological polar surface area (TPSA) is 95.0 Å². The standard InChI is InChI=1S/C18H30N4O3/c1-6-19-17(21-12-16(24)22-18(2,3)4)20-11-15(23)13-7-9-14(25-5)10-8-13/h7-10,15,23H,6,11-12H2,1-5H3,(H,22,24)(H2,19,20,21). The number of nitrogens with zero attached hydrogens (tertiary/aromatic N) is 1. The number of aliphatic hydroxyl groups excluding tert-OH is 1. The summed E-state index contributed by atoms with van der Waals surface area (Å²) in [5.74, 6) is 1.07. The lowest BCUT2D eigenvalue weighted by Gasteiger charge is -2.20. The van der Waals surface area contributed by atoms with Crippen LogP contribution in [0.25, 0.3) is 0 Å². The molecule has 1 rings (SSSR count). The van der Waals surface area contributed by atoms with Gasteiger partial charge in [-0.05, 0) is 45.4 Å². The van der Waals surface area contributed by atoms with E-state index < -0.39 is 6.10 Å². The van der Waals surface area contributed by atoms with Crippen LogP contribution in [0.2, 0.25) is 0 Å². The highest BCUT2D eigenvalue weighted by atomic mass is 16.5. The molecule has 140 valence electrons. The van der Waals surface area contributed by atoms with Crippen LogP contribution in [0.4, 0.5) is 0 Å². The molecular formula is C18H30N4O3. The van der Waals surface area contributed by atoms with Crippen LogP contribution in [0, 0.1) is 0 Å². The van der Waals surface area contributed by atoms with E-state index in [0.717, 1.165) is 11.3 Å². The van der Waals surface area contributed by atoms with Gasteiger partial charge in [-0.3, -0.25) is 4.79 Å². The third-order valence-electron chi connectivity index (χ3n) is 3.20. The molecule has 4 N–H and O–H groups in total. The minimum absolute atomic E-state index is 0.0191. The van der Waals surface area contributed by atoms with Gasteiger partial charge in [-0.25, -0.2) is 4.99 Å². The van der Waals surface area contributed by atoms with E-state index >= 15 is 0 Å². The fourth-order valence-corrected chi connectivity index (χ4v) is 2.09. The number of rotatable bonds is 7. The Bertz CT molecular complexity index is 565. The largest absolute Gasteiger partial charge is 0.497 e. The summed E-state index contributed by atoms with van der Waals surface area (Å²) in [4.78, 5) is 16.1. The van der Waals surface area contributed by atoms with Gasteiger partial charge in [-0.2, -0.15) is 0 Å². The molecule has 0 saturated heterocycles. The maximum absolute atomic E-state index is 11.9. The van der Waals surface area contributed by atoms with Crippen LogP contribution < -0.4 is 20.7 Å². The fourth-order valence-electron chi connectivity index (χ4n) is 2.09. The molecule has 0 fully saturated rings. The second kappa shape index (κ2) is 9.88. The van der Waals surface area contributed by atoms with Crippen molar-refractivity contribution in [2.75, 3.05) is 26.7 Å². The molecule has 0 radical (unpaired) electrons. The molecule has 0 spiro atoms. The molecule has 1 aromatic carbocycles. The lowest BCUT2D eigenvalue weighted by Crippen LogP contribution is -2.43. The molecule has 7 heteroatoms. The van der Waals surface area contributed by atoms with Crippen LogP contribution in [0.3, 0.4) is 0 Å². The third kappa shape index (κ3) is 8.39. The smallest absolute Gasteiger partial charge is 0.242 e. The maximum Gasteiger partial charge on any atom is 0.242 e. The number of benzene rings is 1. The van der Waals surface area contributed by atoms with Crippen LogP contribution >= 0.6 is 0 Å². The monoisotopic (exact) mass is 350 g/mol. The predicted molar refractivity (Wildman–Crippen MR) is 99.8 cm³/mol. The number of aliphatic imine (C=N–C) groups is 1. The van der Waals surface area contributed by atoms with Crippen LogP contribution in [0.5, 0.6) is 5.75 Å². The normalized spacial score (nSPS) is 13.1. The summed E-state index contributed by atoms with van der Waals surface area (Å²) in [5.41, 5.74) is 0.484. The van der Waals surface area contributed by atoms with Gasteiger partial charge >= 0.3 is 0 Å². The zero-order valence-corrected chi connectivity index (χ0v) is 15.7. The van der Waals surface area contributed by atoms with Crippen molar-refractivity contribution in [2.24, 2.45) is 4.99 Å². The fraction of sp³-hybridized carbons (Fsp3) is 0.556. The molecule has 0 bridgehead atoms. The van der Waals surface area contributed by atoms with Gasteiger partial charge in [0.2, 0.25) is 5.91 Å². The van der Waals surface area contributed by atoms with E-state index in [9.17, 15) is 9.90 Å². The number of carbonyl (C=O) groups excluding carboxylic acids is 1. The molecular weight excluding hydrogens is 320 g/mol. The van der Waals surface area contributed by atoms with Crippen molar-refractivity contribution >= 4 is 11.9 Å². The molecule has 1 amide bonds. The molecule has 0 aliphatic rings. The Balaban J connectivity index is 2.58. The first-order valence-corrected chi connectivity index (χ1v) is 8.40. The zero-order valence-electron chi connectivity index (χ0n) is 15.7. The van der Waals surface area contributed by atoms with Gasteiger partial charge < -0.3 is 25.8 Å². The van der Waals surface area contributed by atoms with E-state index in [-0.39, 0.29) is 24.5 Å². The number of hydrogen-bond acceptors (Lipinski definition) is 4. The zero-order chi connectivity index (χ0) is 18.9. The lowest BCUT2D eigenvalue weighted by molar-refractivity contribution is -0.121. The first-order chi connectivity index (χ1) is 11.7. The van der Waals surface area contributed by atoms with Gasteiger partial charge in [0.25, 0.3) is 0 Å². The van der Waals surface area contributed by atoms with E-state index in [1.54, 1.807) is 19.2 Å². The van der Waals surface area contributed by atoms with Crippen LogP contribution in [0.1, 0.15) is 39.4 Å².